The van der Waals surface area contributed by atoms with Crippen LogP contribution < -0.4 is 5.32 Å². The van der Waals surface area contributed by atoms with Crippen molar-refractivity contribution in [2.24, 2.45) is 5.92 Å². The third-order valence-corrected chi connectivity index (χ3v) is 3.01. The molecule has 0 spiro atoms. The van der Waals surface area contributed by atoms with Gasteiger partial charge in [0.2, 0.25) is 5.91 Å². The highest BCUT2D eigenvalue weighted by Gasteiger charge is 2.36. The van der Waals surface area contributed by atoms with Crippen LogP contribution in [0.5, 0.6) is 0 Å². The highest BCUT2D eigenvalue weighted by molar-refractivity contribution is 5.82. The first-order valence-corrected chi connectivity index (χ1v) is 5.93. The first kappa shape index (κ1) is 11.8. The summed E-state index contributed by atoms with van der Waals surface area (Å²) in [6.07, 6.45) is 2.02. The Kier molecular flexibility index (Phi) is 3.52. The van der Waals surface area contributed by atoms with E-state index >= 15 is 0 Å². The zero-order chi connectivity index (χ0) is 12.3. The van der Waals surface area contributed by atoms with Gasteiger partial charge in [-0.1, -0.05) is 5.92 Å². The van der Waals surface area contributed by atoms with Crippen molar-refractivity contribution in [1.82, 2.24) is 15.1 Å². The molecule has 1 aliphatic heterocycles. The quantitative estimate of drug-likeness (QED) is 0.697. The van der Waals surface area contributed by atoms with Gasteiger partial charge in [-0.15, -0.1) is 5.92 Å². The molecule has 1 heterocycles. The fraction of sp³-hybridized carbons (Fsp3) is 0.667. The molecular formula is C12H17N3O2. The summed E-state index contributed by atoms with van der Waals surface area (Å²) in [5.74, 6) is 5.92. The molecule has 92 valence electrons. The predicted molar refractivity (Wildman–Crippen MR) is 62.9 cm³/mol. The molecule has 0 bridgehead atoms. The summed E-state index contributed by atoms with van der Waals surface area (Å²) in [4.78, 5) is 26.9. The molecule has 1 saturated heterocycles. The van der Waals surface area contributed by atoms with Crippen molar-refractivity contribution in [2.75, 3.05) is 26.3 Å². The van der Waals surface area contributed by atoms with E-state index in [1.54, 1.807) is 16.7 Å². The number of urea groups is 1. The first-order chi connectivity index (χ1) is 8.22. The van der Waals surface area contributed by atoms with Crippen molar-refractivity contribution < 1.29 is 9.59 Å². The number of hydrogen-bond donors (Lipinski definition) is 1. The van der Waals surface area contributed by atoms with E-state index in [1.165, 1.54) is 0 Å². The standard InChI is InChI=1S/C12H17N3O2/c1-2-3-6-13-12(17)15-8-7-14(9-15)11(16)10-4-5-10/h10H,4-9H2,1H3,(H,13,17). The summed E-state index contributed by atoms with van der Waals surface area (Å²) in [7, 11) is 0. The average Bonchev–Trinajstić information content (AvgIpc) is 3.05. The average molecular weight is 235 g/mol. The Morgan fingerprint density at radius 2 is 2.00 bits per heavy atom. The molecule has 1 N–H and O–H groups in total. The van der Waals surface area contributed by atoms with Crippen LogP contribution in [0.3, 0.4) is 0 Å². The molecule has 5 nitrogen and oxygen atoms in total. The fourth-order valence-corrected chi connectivity index (χ4v) is 1.84. The molecule has 1 aliphatic carbocycles. The molecule has 1 saturated carbocycles. The Morgan fingerprint density at radius 3 is 2.65 bits per heavy atom. The zero-order valence-electron chi connectivity index (χ0n) is 10.0. The SMILES string of the molecule is CC#CCNC(=O)N1CCN(C(=O)C2CC2)C1. The monoisotopic (exact) mass is 235 g/mol. The molecule has 0 atom stereocenters. The second kappa shape index (κ2) is 5.09. The predicted octanol–water partition coefficient (Wildman–Crippen LogP) is 0.231. The maximum atomic E-state index is 11.8. The van der Waals surface area contributed by atoms with Gasteiger partial charge in [-0.05, 0) is 19.8 Å². The molecule has 0 radical (unpaired) electrons. The Bertz CT molecular complexity index is 379. The van der Waals surface area contributed by atoms with Crippen LogP contribution in [-0.2, 0) is 4.79 Å². The number of nitrogens with one attached hydrogen (secondary N) is 1. The summed E-state index contributed by atoms with van der Waals surface area (Å²) in [6.45, 7) is 3.78. The normalized spacial score (nSPS) is 18.6. The topological polar surface area (TPSA) is 52.7 Å². The van der Waals surface area contributed by atoms with Gasteiger partial charge in [0.1, 0.15) is 0 Å². The lowest BCUT2D eigenvalue weighted by Gasteiger charge is -2.18. The molecule has 0 aromatic carbocycles. The fourth-order valence-electron chi connectivity index (χ4n) is 1.84. The van der Waals surface area contributed by atoms with E-state index in [2.05, 4.69) is 17.2 Å². The van der Waals surface area contributed by atoms with Crippen molar-refractivity contribution in [3.63, 3.8) is 0 Å². The molecule has 2 aliphatic rings. The van der Waals surface area contributed by atoms with Crippen molar-refractivity contribution in [3.05, 3.63) is 0 Å². The smallest absolute Gasteiger partial charge is 0.319 e. The van der Waals surface area contributed by atoms with Gasteiger partial charge < -0.3 is 15.1 Å². The van der Waals surface area contributed by atoms with Crippen LogP contribution in [-0.4, -0.2) is 48.0 Å². The van der Waals surface area contributed by atoms with Crippen LogP contribution in [0.15, 0.2) is 0 Å². The van der Waals surface area contributed by atoms with Crippen LogP contribution >= 0.6 is 0 Å². The number of carbonyl (C=O) groups is 2. The van der Waals surface area contributed by atoms with E-state index in [0.29, 0.717) is 26.3 Å². The molecule has 2 fully saturated rings. The molecule has 5 heteroatoms. The van der Waals surface area contributed by atoms with Crippen molar-refractivity contribution in [3.8, 4) is 11.8 Å². The second-order valence-corrected chi connectivity index (χ2v) is 4.37. The minimum atomic E-state index is -0.140. The first-order valence-electron chi connectivity index (χ1n) is 5.93. The Balaban J connectivity index is 1.77. The van der Waals surface area contributed by atoms with E-state index < -0.39 is 0 Å². The number of nitrogens with zero attached hydrogens (tertiary/aromatic N) is 2. The van der Waals surface area contributed by atoms with Gasteiger partial charge in [-0.3, -0.25) is 4.79 Å². The number of rotatable bonds is 2. The summed E-state index contributed by atoms with van der Waals surface area (Å²) < 4.78 is 0. The van der Waals surface area contributed by atoms with Gasteiger partial charge in [0.25, 0.3) is 0 Å². The van der Waals surface area contributed by atoms with Crippen molar-refractivity contribution in [2.45, 2.75) is 19.8 Å². The maximum Gasteiger partial charge on any atom is 0.319 e. The Morgan fingerprint density at radius 1 is 1.29 bits per heavy atom. The summed E-state index contributed by atoms with van der Waals surface area (Å²) >= 11 is 0. The molecule has 2 rings (SSSR count). The minimum absolute atomic E-state index is 0.140. The zero-order valence-corrected chi connectivity index (χ0v) is 10.0. The molecule has 0 aromatic rings. The molecule has 17 heavy (non-hydrogen) atoms. The largest absolute Gasteiger partial charge is 0.327 e. The third kappa shape index (κ3) is 2.90. The lowest BCUT2D eigenvalue weighted by atomic mass is 10.4. The molecular weight excluding hydrogens is 218 g/mol. The van der Waals surface area contributed by atoms with Crippen LogP contribution in [0.2, 0.25) is 0 Å². The summed E-state index contributed by atoms with van der Waals surface area (Å²) in [6, 6.07) is -0.140. The molecule has 0 unspecified atom stereocenters. The second-order valence-electron chi connectivity index (χ2n) is 4.37. The van der Waals surface area contributed by atoms with Crippen LogP contribution in [0.1, 0.15) is 19.8 Å². The van der Waals surface area contributed by atoms with Crippen molar-refractivity contribution >= 4 is 11.9 Å². The molecule has 3 amide bonds. The summed E-state index contributed by atoms with van der Waals surface area (Å²) in [5, 5.41) is 2.71. The van der Waals surface area contributed by atoms with E-state index in [0.717, 1.165) is 12.8 Å². The van der Waals surface area contributed by atoms with E-state index in [-0.39, 0.29) is 17.9 Å². The van der Waals surface area contributed by atoms with Gasteiger partial charge >= 0.3 is 6.03 Å². The van der Waals surface area contributed by atoms with E-state index in [1.807, 2.05) is 0 Å². The van der Waals surface area contributed by atoms with Gasteiger partial charge in [-0.25, -0.2) is 4.79 Å². The van der Waals surface area contributed by atoms with Crippen LogP contribution in [0, 0.1) is 17.8 Å². The number of carbonyl (C=O) groups excluding carboxylic acids is 2. The van der Waals surface area contributed by atoms with Gasteiger partial charge in [0.15, 0.2) is 0 Å². The van der Waals surface area contributed by atoms with Gasteiger partial charge in [0, 0.05) is 19.0 Å². The maximum absolute atomic E-state index is 11.8. The third-order valence-electron chi connectivity index (χ3n) is 3.01. The lowest BCUT2D eigenvalue weighted by molar-refractivity contribution is -0.131. The van der Waals surface area contributed by atoms with Crippen molar-refractivity contribution in [1.29, 1.82) is 0 Å². The Labute approximate surface area is 101 Å². The van der Waals surface area contributed by atoms with Gasteiger partial charge in [-0.2, -0.15) is 0 Å². The van der Waals surface area contributed by atoms with Crippen LogP contribution in [0.25, 0.3) is 0 Å². The van der Waals surface area contributed by atoms with Gasteiger partial charge in [0.05, 0.1) is 13.2 Å². The lowest BCUT2D eigenvalue weighted by Crippen LogP contribution is -2.40. The highest BCUT2D eigenvalue weighted by Crippen LogP contribution is 2.31. The number of amides is 3. The van der Waals surface area contributed by atoms with E-state index in [4.69, 9.17) is 0 Å². The highest BCUT2D eigenvalue weighted by atomic mass is 16.2. The Hall–Kier alpha value is -1.70. The summed E-state index contributed by atoms with van der Waals surface area (Å²) in [5.41, 5.74) is 0. The van der Waals surface area contributed by atoms with E-state index in [9.17, 15) is 9.59 Å². The minimum Gasteiger partial charge on any atom is -0.327 e. The van der Waals surface area contributed by atoms with Crippen LogP contribution in [0.4, 0.5) is 4.79 Å². The molecule has 0 aromatic heterocycles. The number of hydrogen-bond acceptors (Lipinski definition) is 2.